The van der Waals surface area contributed by atoms with E-state index in [1.807, 2.05) is 45.2 Å². The average molecular weight is 541 g/mol. The molecule has 1 N–H and O–H groups in total. The lowest BCUT2D eigenvalue weighted by Crippen LogP contribution is -2.07. The fourth-order valence-electron chi connectivity index (χ4n) is 1.72. The van der Waals surface area contributed by atoms with Crippen LogP contribution in [0.15, 0.2) is 24.3 Å². The van der Waals surface area contributed by atoms with Crippen molar-refractivity contribution in [2.75, 3.05) is 0 Å². The summed E-state index contributed by atoms with van der Waals surface area (Å²) >= 11 is 15.4. The van der Waals surface area contributed by atoms with Crippen LogP contribution in [0.4, 0.5) is 8.78 Å². The van der Waals surface area contributed by atoms with Gasteiger partial charge in [0.2, 0.25) is 0 Å². The van der Waals surface area contributed by atoms with Crippen molar-refractivity contribution in [2.45, 2.75) is 6.10 Å². The summed E-state index contributed by atoms with van der Waals surface area (Å²) < 4.78 is 29.3. The molecule has 2 aromatic carbocycles. The van der Waals surface area contributed by atoms with Crippen molar-refractivity contribution in [2.24, 2.45) is 0 Å². The molecular formula is C13H6Cl2F2I2O. The molecule has 0 unspecified atom stereocenters. The van der Waals surface area contributed by atoms with Crippen LogP contribution in [-0.4, -0.2) is 5.11 Å². The molecule has 106 valence electrons. The summed E-state index contributed by atoms with van der Waals surface area (Å²) in [4.78, 5) is 0. The molecule has 0 radical (unpaired) electrons. The number of hydrogen-bond acceptors (Lipinski definition) is 1. The summed E-state index contributed by atoms with van der Waals surface area (Å²) in [6.07, 6.45) is -1.48. The minimum atomic E-state index is -1.48. The fourth-order valence-corrected chi connectivity index (χ4v) is 3.83. The number of hydrogen-bond donors (Lipinski definition) is 1. The minimum Gasteiger partial charge on any atom is -0.383 e. The van der Waals surface area contributed by atoms with Crippen LogP contribution in [0.2, 0.25) is 10.0 Å². The second kappa shape index (κ2) is 6.60. The Morgan fingerprint density at radius 2 is 1.20 bits per heavy atom. The first-order valence-corrected chi connectivity index (χ1v) is 8.19. The van der Waals surface area contributed by atoms with Gasteiger partial charge < -0.3 is 5.11 Å². The van der Waals surface area contributed by atoms with Gasteiger partial charge in [0.1, 0.15) is 17.7 Å². The molecule has 20 heavy (non-hydrogen) atoms. The highest BCUT2D eigenvalue weighted by Gasteiger charge is 2.22. The van der Waals surface area contributed by atoms with Crippen molar-refractivity contribution < 1.29 is 13.9 Å². The molecule has 0 atom stereocenters. The molecule has 0 spiro atoms. The number of aliphatic hydroxyl groups excluding tert-OH is 1. The van der Waals surface area contributed by atoms with Crippen LogP contribution in [0.5, 0.6) is 0 Å². The van der Waals surface area contributed by atoms with Gasteiger partial charge in [-0.3, -0.25) is 0 Å². The molecule has 0 aliphatic carbocycles. The number of aliphatic hydroxyl groups is 1. The number of halogens is 6. The van der Waals surface area contributed by atoms with Gasteiger partial charge in [-0.15, -0.1) is 0 Å². The van der Waals surface area contributed by atoms with Crippen LogP contribution in [-0.2, 0) is 0 Å². The average Bonchev–Trinajstić information content (AvgIpc) is 2.37. The van der Waals surface area contributed by atoms with Gasteiger partial charge in [0.15, 0.2) is 0 Å². The number of rotatable bonds is 2. The van der Waals surface area contributed by atoms with E-state index in [2.05, 4.69) is 0 Å². The maximum Gasteiger partial charge on any atom is 0.148 e. The van der Waals surface area contributed by atoms with E-state index in [0.717, 1.165) is 0 Å². The van der Waals surface area contributed by atoms with Gasteiger partial charge in [0.25, 0.3) is 0 Å². The predicted molar refractivity (Wildman–Crippen MR) is 92.3 cm³/mol. The third kappa shape index (κ3) is 3.37. The standard InChI is InChI=1S/C13H6Cl2F2I2O/c14-9-3-5(18)1-7(11(9)16)13(20)8-2-6(19)4-10(15)12(8)17/h1-4,13,20H. The highest BCUT2D eigenvalue weighted by atomic mass is 127. The Morgan fingerprint density at radius 1 is 0.850 bits per heavy atom. The second-order valence-electron chi connectivity index (χ2n) is 3.98. The van der Waals surface area contributed by atoms with Crippen LogP contribution in [0.3, 0.4) is 0 Å². The first-order valence-electron chi connectivity index (χ1n) is 5.28. The van der Waals surface area contributed by atoms with E-state index >= 15 is 0 Å². The molecule has 2 rings (SSSR count). The summed E-state index contributed by atoms with van der Waals surface area (Å²) in [5, 5.41) is 10.0. The van der Waals surface area contributed by atoms with E-state index in [1.165, 1.54) is 24.3 Å². The lowest BCUT2D eigenvalue weighted by molar-refractivity contribution is 0.209. The normalized spacial score (nSPS) is 11.2. The van der Waals surface area contributed by atoms with Crippen molar-refractivity contribution in [3.63, 3.8) is 0 Å². The molecule has 0 fully saturated rings. The zero-order valence-electron chi connectivity index (χ0n) is 9.60. The molecule has 0 heterocycles. The van der Waals surface area contributed by atoms with Crippen molar-refractivity contribution in [1.82, 2.24) is 0 Å². The van der Waals surface area contributed by atoms with E-state index in [1.54, 1.807) is 0 Å². The lowest BCUT2D eigenvalue weighted by Gasteiger charge is -2.15. The summed E-state index contributed by atoms with van der Waals surface area (Å²) in [5.41, 5.74) is -0.169. The summed E-state index contributed by atoms with van der Waals surface area (Å²) in [6, 6.07) is 5.68. The van der Waals surface area contributed by atoms with E-state index in [-0.39, 0.29) is 21.2 Å². The molecule has 0 saturated heterocycles. The van der Waals surface area contributed by atoms with Crippen LogP contribution in [0, 0.1) is 18.8 Å². The summed E-state index contributed by atoms with van der Waals surface area (Å²) in [5.74, 6) is -1.54. The van der Waals surface area contributed by atoms with Crippen LogP contribution in [0.1, 0.15) is 17.2 Å². The molecule has 0 amide bonds. The zero-order chi connectivity index (χ0) is 15.0. The van der Waals surface area contributed by atoms with Gasteiger partial charge in [-0.2, -0.15) is 0 Å². The van der Waals surface area contributed by atoms with Crippen molar-refractivity contribution >= 4 is 68.4 Å². The van der Waals surface area contributed by atoms with E-state index in [0.29, 0.717) is 7.14 Å². The van der Waals surface area contributed by atoms with Crippen molar-refractivity contribution in [3.8, 4) is 0 Å². The topological polar surface area (TPSA) is 20.2 Å². The van der Waals surface area contributed by atoms with Gasteiger partial charge >= 0.3 is 0 Å². The second-order valence-corrected chi connectivity index (χ2v) is 7.29. The Morgan fingerprint density at radius 3 is 1.55 bits per heavy atom. The Labute approximate surface area is 151 Å². The van der Waals surface area contributed by atoms with E-state index in [9.17, 15) is 13.9 Å². The highest BCUT2D eigenvalue weighted by molar-refractivity contribution is 14.1. The first-order chi connectivity index (χ1) is 9.31. The predicted octanol–water partition coefficient (Wildman–Crippen LogP) is 5.56. The van der Waals surface area contributed by atoms with Gasteiger partial charge in [-0.1, -0.05) is 23.2 Å². The molecule has 0 aliphatic rings. The van der Waals surface area contributed by atoms with Gasteiger partial charge in [-0.25, -0.2) is 8.78 Å². The smallest absolute Gasteiger partial charge is 0.148 e. The van der Waals surface area contributed by atoms with Gasteiger partial charge in [0, 0.05) is 18.3 Å². The molecule has 0 bridgehead atoms. The Hall–Kier alpha value is 0.300. The summed E-state index contributed by atoms with van der Waals surface area (Å²) in [6.45, 7) is 0. The van der Waals surface area contributed by atoms with Gasteiger partial charge in [0.05, 0.1) is 10.0 Å². The van der Waals surface area contributed by atoms with Crippen molar-refractivity contribution in [1.29, 1.82) is 0 Å². The number of benzene rings is 2. The lowest BCUT2D eigenvalue weighted by atomic mass is 10.0. The minimum absolute atomic E-state index is 0.0844. The molecule has 2 aromatic rings. The van der Waals surface area contributed by atoms with E-state index < -0.39 is 17.7 Å². The van der Waals surface area contributed by atoms with Crippen LogP contribution < -0.4 is 0 Å². The summed E-state index contributed by atoms with van der Waals surface area (Å²) in [7, 11) is 0. The quantitative estimate of drug-likeness (QED) is 0.390. The largest absolute Gasteiger partial charge is 0.383 e. The molecule has 0 saturated carbocycles. The molecule has 7 heteroatoms. The molecular weight excluding hydrogens is 535 g/mol. The first kappa shape index (κ1) is 16.7. The maximum absolute atomic E-state index is 14.0. The fraction of sp³-hybridized carbons (Fsp3) is 0.0769. The molecule has 0 aromatic heterocycles. The monoisotopic (exact) mass is 540 g/mol. The Kier molecular flexibility index (Phi) is 5.50. The third-order valence-corrected chi connectivity index (χ3v) is 4.43. The molecule has 1 nitrogen and oxygen atoms in total. The Balaban J connectivity index is 2.60. The van der Waals surface area contributed by atoms with Crippen LogP contribution >= 0.6 is 68.4 Å². The van der Waals surface area contributed by atoms with Crippen LogP contribution in [0.25, 0.3) is 0 Å². The third-order valence-electron chi connectivity index (χ3n) is 2.63. The van der Waals surface area contributed by atoms with E-state index in [4.69, 9.17) is 23.2 Å². The molecule has 0 aliphatic heterocycles. The SMILES string of the molecule is OC(c1cc(I)cc(Cl)c1F)c1cc(I)cc(Cl)c1F. The van der Waals surface area contributed by atoms with Gasteiger partial charge in [-0.05, 0) is 69.4 Å². The van der Waals surface area contributed by atoms with Crippen molar-refractivity contribution in [3.05, 3.63) is 64.2 Å². The maximum atomic E-state index is 14.0. The Bertz CT molecular complexity index is 622. The zero-order valence-corrected chi connectivity index (χ0v) is 15.4. The highest BCUT2D eigenvalue weighted by Crippen LogP contribution is 2.34.